The summed E-state index contributed by atoms with van der Waals surface area (Å²) in [4.78, 5) is 8.73. The predicted octanol–water partition coefficient (Wildman–Crippen LogP) is 5.43. The van der Waals surface area contributed by atoms with Crippen molar-refractivity contribution < 1.29 is 0 Å². The molecule has 2 nitrogen and oxygen atoms in total. The first-order chi connectivity index (χ1) is 10.7. The van der Waals surface area contributed by atoms with E-state index in [1.165, 1.54) is 10.8 Å². The second kappa shape index (κ2) is 7.32. The zero-order valence-electron chi connectivity index (χ0n) is 13.1. The summed E-state index contributed by atoms with van der Waals surface area (Å²) in [5.74, 6) is 0. The van der Waals surface area contributed by atoms with Gasteiger partial charge in [-0.05, 0) is 42.3 Å². The van der Waals surface area contributed by atoms with E-state index in [9.17, 15) is 0 Å². The minimum Gasteiger partial charge on any atom is -0.242 e. The minimum absolute atomic E-state index is 0.831. The second-order valence-electron chi connectivity index (χ2n) is 5.02. The van der Waals surface area contributed by atoms with E-state index in [1.807, 2.05) is 32.1 Å². The molecule has 2 rings (SSSR count). The summed E-state index contributed by atoms with van der Waals surface area (Å²) in [6, 6.07) is 14.6. The number of hydrogen-bond acceptors (Lipinski definition) is 1. The number of nitrogens with zero attached hydrogens (tertiary/aromatic N) is 2. The van der Waals surface area contributed by atoms with Crippen molar-refractivity contribution in [3.8, 4) is 0 Å². The first-order valence-corrected chi connectivity index (χ1v) is 7.17. The fourth-order valence-electron chi connectivity index (χ4n) is 2.07. The average molecular weight is 288 g/mol. The number of aliphatic imine (C=N–C) groups is 2. The Morgan fingerprint density at radius 1 is 0.955 bits per heavy atom. The van der Waals surface area contributed by atoms with Crippen molar-refractivity contribution in [3.05, 3.63) is 78.9 Å². The van der Waals surface area contributed by atoms with Crippen LogP contribution >= 0.6 is 0 Å². The summed E-state index contributed by atoms with van der Waals surface area (Å²) in [7, 11) is 0. The van der Waals surface area contributed by atoms with Gasteiger partial charge in [0.15, 0.2) is 0 Å². The van der Waals surface area contributed by atoms with E-state index in [0.29, 0.717) is 0 Å². The van der Waals surface area contributed by atoms with Gasteiger partial charge in [0.05, 0.1) is 5.70 Å². The van der Waals surface area contributed by atoms with Gasteiger partial charge >= 0.3 is 0 Å². The molecular weight excluding hydrogens is 268 g/mol. The molecule has 0 atom stereocenters. The summed E-state index contributed by atoms with van der Waals surface area (Å²) in [5, 5.41) is 2.40. The first-order valence-electron chi connectivity index (χ1n) is 7.17. The molecule has 0 aliphatic heterocycles. The largest absolute Gasteiger partial charge is 0.242 e. The van der Waals surface area contributed by atoms with Gasteiger partial charge in [-0.25, -0.2) is 9.98 Å². The van der Waals surface area contributed by atoms with E-state index in [4.69, 9.17) is 0 Å². The lowest BCUT2D eigenvalue weighted by Gasteiger charge is -2.07. The van der Waals surface area contributed by atoms with Gasteiger partial charge in [0.25, 0.3) is 0 Å². The highest BCUT2D eigenvalue weighted by Gasteiger charge is 2.04. The van der Waals surface area contributed by atoms with Crippen LogP contribution in [-0.4, -0.2) is 12.1 Å². The topological polar surface area (TPSA) is 24.7 Å². The van der Waals surface area contributed by atoms with Crippen molar-refractivity contribution in [1.82, 2.24) is 0 Å². The molecule has 22 heavy (non-hydrogen) atoms. The van der Waals surface area contributed by atoms with Crippen LogP contribution in [0.25, 0.3) is 16.5 Å². The van der Waals surface area contributed by atoms with Crippen molar-refractivity contribution >= 4 is 28.5 Å². The standard InChI is InChI=1S/C20H20N2/c1-5-15(3)20(22-14-21-16(4)6-2)19-12-11-17-9-7-8-10-18(17)13-19/h5-14H,1-2H2,3-4H3/b20-15+,21-16+,22-14-. The van der Waals surface area contributed by atoms with E-state index in [-0.39, 0.29) is 0 Å². The van der Waals surface area contributed by atoms with Gasteiger partial charge in [-0.3, -0.25) is 0 Å². The molecule has 0 amide bonds. The molecule has 2 aromatic rings. The maximum atomic E-state index is 4.51. The summed E-state index contributed by atoms with van der Waals surface area (Å²) >= 11 is 0. The Balaban J connectivity index is 2.49. The van der Waals surface area contributed by atoms with Crippen LogP contribution in [0.1, 0.15) is 19.4 Å². The molecule has 2 heteroatoms. The van der Waals surface area contributed by atoms with E-state index < -0.39 is 0 Å². The highest BCUT2D eigenvalue weighted by Crippen LogP contribution is 2.24. The molecular formula is C20H20N2. The van der Waals surface area contributed by atoms with Crippen molar-refractivity contribution in [2.45, 2.75) is 13.8 Å². The molecule has 0 saturated carbocycles. The molecule has 0 heterocycles. The monoisotopic (exact) mass is 288 g/mol. The predicted molar refractivity (Wildman–Crippen MR) is 98.5 cm³/mol. The number of fused-ring (bicyclic) bond motifs is 1. The van der Waals surface area contributed by atoms with Crippen LogP contribution in [-0.2, 0) is 0 Å². The molecule has 0 aromatic heterocycles. The van der Waals surface area contributed by atoms with Gasteiger partial charge in [-0.2, -0.15) is 0 Å². The Labute approximate surface area is 131 Å². The molecule has 0 saturated heterocycles. The fraction of sp³-hybridized carbons (Fsp3) is 0.100. The van der Waals surface area contributed by atoms with Gasteiger partial charge in [0.1, 0.15) is 6.34 Å². The van der Waals surface area contributed by atoms with Gasteiger partial charge in [-0.1, -0.05) is 55.6 Å². The van der Waals surface area contributed by atoms with E-state index in [1.54, 1.807) is 12.4 Å². The maximum absolute atomic E-state index is 4.51. The van der Waals surface area contributed by atoms with E-state index in [2.05, 4.69) is 53.5 Å². The zero-order chi connectivity index (χ0) is 15.9. The van der Waals surface area contributed by atoms with Gasteiger partial charge in [0.2, 0.25) is 0 Å². The van der Waals surface area contributed by atoms with Crippen LogP contribution in [0, 0.1) is 0 Å². The highest BCUT2D eigenvalue weighted by molar-refractivity contribution is 5.97. The molecule has 0 bridgehead atoms. The van der Waals surface area contributed by atoms with Crippen LogP contribution in [0.15, 0.2) is 83.3 Å². The van der Waals surface area contributed by atoms with E-state index in [0.717, 1.165) is 22.5 Å². The van der Waals surface area contributed by atoms with Crippen LogP contribution in [0.5, 0.6) is 0 Å². The maximum Gasteiger partial charge on any atom is 0.116 e. The van der Waals surface area contributed by atoms with Gasteiger partial charge in [-0.15, -0.1) is 0 Å². The molecule has 0 radical (unpaired) electrons. The van der Waals surface area contributed by atoms with Crippen molar-refractivity contribution in [1.29, 1.82) is 0 Å². The van der Waals surface area contributed by atoms with Crippen molar-refractivity contribution in [2.24, 2.45) is 9.98 Å². The second-order valence-corrected chi connectivity index (χ2v) is 5.02. The van der Waals surface area contributed by atoms with Crippen LogP contribution in [0.3, 0.4) is 0 Å². The highest BCUT2D eigenvalue weighted by atomic mass is 14.9. The molecule has 0 unspecified atom stereocenters. The fourth-order valence-corrected chi connectivity index (χ4v) is 2.07. The zero-order valence-corrected chi connectivity index (χ0v) is 13.1. The smallest absolute Gasteiger partial charge is 0.116 e. The number of allylic oxidation sites excluding steroid dienone is 3. The van der Waals surface area contributed by atoms with Gasteiger partial charge < -0.3 is 0 Å². The summed E-state index contributed by atoms with van der Waals surface area (Å²) in [5.41, 5.74) is 3.77. The molecule has 0 spiro atoms. The number of hydrogen-bond donors (Lipinski definition) is 0. The van der Waals surface area contributed by atoms with Crippen molar-refractivity contribution in [2.75, 3.05) is 0 Å². The molecule has 0 aliphatic carbocycles. The number of benzene rings is 2. The lowest BCUT2D eigenvalue weighted by Crippen LogP contribution is -1.88. The molecule has 0 aliphatic rings. The van der Waals surface area contributed by atoms with Crippen LogP contribution < -0.4 is 0 Å². The van der Waals surface area contributed by atoms with Gasteiger partial charge in [0, 0.05) is 11.3 Å². The van der Waals surface area contributed by atoms with E-state index >= 15 is 0 Å². The molecule has 0 fully saturated rings. The Bertz CT molecular complexity index is 792. The Morgan fingerprint density at radius 3 is 2.36 bits per heavy atom. The summed E-state index contributed by atoms with van der Waals surface area (Å²) in [6.45, 7) is 11.4. The average Bonchev–Trinajstić information content (AvgIpc) is 2.57. The third kappa shape index (κ3) is 3.67. The lowest BCUT2D eigenvalue weighted by molar-refractivity contribution is 1.42. The van der Waals surface area contributed by atoms with Crippen LogP contribution in [0.2, 0.25) is 0 Å². The quantitative estimate of drug-likeness (QED) is 0.398. The molecule has 110 valence electrons. The van der Waals surface area contributed by atoms with Crippen molar-refractivity contribution in [3.63, 3.8) is 0 Å². The molecule has 2 aromatic carbocycles. The number of rotatable bonds is 5. The normalized spacial score (nSPS) is 13.3. The lowest BCUT2D eigenvalue weighted by atomic mass is 10.0. The third-order valence-electron chi connectivity index (χ3n) is 3.45. The summed E-state index contributed by atoms with van der Waals surface area (Å²) < 4.78 is 0. The Morgan fingerprint density at radius 2 is 1.68 bits per heavy atom. The van der Waals surface area contributed by atoms with Crippen LogP contribution in [0.4, 0.5) is 0 Å². The Hall–Kier alpha value is -2.74. The Kier molecular flexibility index (Phi) is 5.21. The third-order valence-corrected chi connectivity index (χ3v) is 3.45. The molecule has 0 N–H and O–H groups in total. The summed E-state index contributed by atoms with van der Waals surface area (Å²) in [6.07, 6.45) is 5.08. The minimum atomic E-state index is 0.831. The SMILES string of the molecule is C=C/C(C)=N/C=N\C(=C(/C)C=C)c1ccc2ccccc2c1. The first kappa shape index (κ1) is 15.6.